The second-order valence-electron chi connectivity index (χ2n) is 4.18. The van der Waals surface area contributed by atoms with Gasteiger partial charge in [-0.25, -0.2) is 0 Å². The van der Waals surface area contributed by atoms with Crippen molar-refractivity contribution in [3.8, 4) is 0 Å². The molecule has 0 aromatic heterocycles. The van der Waals surface area contributed by atoms with E-state index >= 15 is 0 Å². The highest BCUT2D eigenvalue weighted by Gasteiger charge is 2.13. The standard InChI is InChI=1S/C13H26N2O2/c1-3-16-11-7-14-13-5-8-15(9-6-13)10-12-17-4-2/h3-12H2,1-2H3. The number of ether oxygens (including phenoxy) is 2. The Balaban J connectivity index is 2.08. The van der Waals surface area contributed by atoms with Gasteiger partial charge in [0.05, 0.1) is 19.8 Å². The third-order valence-corrected chi connectivity index (χ3v) is 2.96. The largest absolute Gasteiger partial charge is 0.380 e. The summed E-state index contributed by atoms with van der Waals surface area (Å²) >= 11 is 0. The molecule has 17 heavy (non-hydrogen) atoms. The Kier molecular flexibility index (Phi) is 8.22. The lowest BCUT2D eigenvalue weighted by Gasteiger charge is -2.27. The molecular formula is C13H26N2O2. The SMILES string of the molecule is CCOCCN=C1CCN(CCOCC)CC1. The molecule has 0 amide bonds. The van der Waals surface area contributed by atoms with Crippen LogP contribution >= 0.6 is 0 Å². The molecule has 0 spiro atoms. The van der Waals surface area contributed by atoms with Crippen LogP contribution in [0.5, 0.6) is 0 Å². The summed E-state index contributed by atoms with van der Waals surface area (Å²) in [6, 6.07) is 0. The van der Waals surface area contributed by atoms with E-state index in [1.807, 2.05) is 13.8 Å². The number of rotatable bonds is 8. The van der Waals surface area contributed by atoms with E-state index in [1.165, 1.54) is 5.71 Å². The molecule has 1 heterocycles. The minimum atomic E-state index is 0.758. The van der Waals surface area contributed by atoms with E-state index in [2.05, 4.69) is 9.89 Å². The molecule has 0 bridgehead atoms. The Labute approximate surface area is 105 Å². The van der Waals surface area contributed by atoms with Crippen molar-refractivity contribution in [2.45, 2.75) is 26.7 Å². The van der Waals surface area contributed by atoms with Crippen LogP contribution in [-0.4, -0.2) is 63.2 Å². The molecule has 0 atom stereocenters. The van der Waals surface area contributed by atoms with E-state index in [-0.39, 0.29) is 0 Å². The number of hydrogen-bond donors (Lipinski definition) is 0. The van der Waals surface area contributed by atoms with Crippen molar-refractivity contribution in [3.63, 3.8) is 0 Å². The van der Waals surface area contributed by atoms with Crippen LogP contribution in [0.3, 0.4) is 0 Å². The van der Waals surface area contributed by atoms with E-state index in [4.69, 9.17) is 9.47 Å². The van der Waals surface area contributed by atoms with Gasteiger partial charge in [0.2, 0.25) is 0 Å². The molecule has 0 aromatic rings. The maximum absolute atomic E-state index is 5.37. The third kappa shape index (κ3) is 6.76. The molecule has 100 valence electrons. The predicted octanol–water partition coefficient (Wildman–Crippen LogP) is 1.60. The van der Waals surface area contributed by atoms with Gasteiger partial charge in [-0.15, -0.1) is 0 Å². The molecule has 1 aliphatic rings. The Morgan fingerprint density at radius 2 is 1.71 bits per heavy atom. The normalized spacial score (nSPS) is 17.4. The van der Waals surface area contributed by atoms with Crippen LogP contribution in [-0.2, 0) is 9.47 Å². The number of piperidine rings is 1. The topological polar surface area (TPSA) is 34.1 Å². The van der Waals surface area contributed by atoms with Gasteiger partial charge in [0, 0.05) is 38.6 Å². The highest BCUT2D eigenvalue weighted by molar-refractivity contribution is 5.85. The molecule has 1 aliphatic heterocycles. The van der Waals surface area contributed by atoms with E-state index < -0.39 is 0 Å². The first kappa shape index (κ1) is 14.6. The Morgan fingerprint density at radius 1 is 1.06 bits per heavy atom. The van der Waals surface area contributed by atoms with Crippen LogP contribution in [0, 0.1) is 0 Å². The second kappa shape index (κ2) is 9.57. The molecule has 4 nitrogen and oxygen atoms in total. The van der Waals surface area contributed by atoms with Crippen LogP contribution in [0.4, 0.5) is 0 Å². The van der Waals surface area contributed by atoms with Crippen molar-refractivity contribution in [2.75, 3.05) is 52.6 Å². The third-order valence-electron chi connectivity index (χ3n) is 2.96. The molecule has 0 saturated carbocycles. The molecule has 0 N–H and O–H groups in total. The molecule has 1 saturated heterocycles. The highest BCUT2D eigenvalue weighted by Crippen LogP contribution is 2.07. The van der Waals surface area contributed by atoms with Gasteiger partial charge in [-0.3, -0.25) is 4.99 Å². The summed E-state index contributed by atoms with van der Waals surface area (Å²) in [7, 11) is 0. The fraction of sp³-hybridized carbons (Fsp3) is 0.923. The first-order valence-electron chi connectivity index (χ1n) is 6.76. The summed E-state index contributed by atoms with van der Waals surface area (Å²) in [5, 5.41) is 0. The number of aliphatic imine (C=N–C) groups is 1. The van der Waals surface area contributed by atoms with Gasteiger partial charge >= 0.3 is 0 Å². The number of nitrogens with zero attached hydrogens (tertiary/aromatic N) is 2. The van der Waals surface area contributed by atoms with Crippen LogP contribution < -0.4 is 0 Å². The molecule has 0 aliphatic carbocycles. The van der Waals surface area contributed by atoms with Gasteiger partial charge in [0.25, 0.3) is 0 Å². The lowest BCUT2D eigenvalue weighted by atomic mass is 10.1. The van der Waals surface area contributed by atoms with Gasteiger partial charge in [-0.05, 0) is 26.7 Å². The van der Waals surface area contributed by atoms with E-state index in [9.17, 15) is 0 Å². The van der Waals surface area contributed by atoms with Gasteiger partial charge in [0.15, 0.2) is 0 Å². The second-order valence-corrected chi connectivity index (χ2v) is 4.18. The molecule has 0 radical (unpaired) electrons. The molecule has 1 rings (SSSR count). The fourth-order valence-electron chi connectivity index (χ4n) is 1.94. The number of likely N-dealkylation sites (tertiary alicyclic amines) is 1. The Bertz CT molecular complexity index is 209. The van der Waals surface area contributed by atoms with Crippen molar-refractivity contribution < 1.29 is 9.47 Å². The highest BCUT2D eigenvalue weighted by atomic mass is 16.5. The first-order chi connectivity index (χ1) is 8.36. The summed E-state index contributed by atoms with van der Waals surface area (Å²) in [6.45, 7) is 11.4. The minimum absolute atomic E-state index is 0.758. The predicted molar refractivity (Wildman–Crippen MR) is 71.0 cm³/mol. The smallest absolute Gasteiger partial charge is 0.0661 e. The average Bonchev–Trinajstić information content (AvgIpc) is 2.37. The maximum atomic E-state index is 5.37. The summed E-state index contributed by atoms with van der Waals surface area (Å²) in [4.78, 5) is 7.04. The van der Waals surface area contributed by atoms with Crippen molar-refractivity contribution >= 4 is 5.71 Å². The van der Waals surface area contributed by atoms with E-state index in [0.717, 1.165) is 65.4 Å². The van der Waals surface area contributed by atoms with Crippen LogP contribution in [0.2, 0.25) is 0 Å². The van der Waals surface area contributed by atoms with E-state index in [1.54, 1.807) is 0 Å². The summed E-state index contributed by atoms with van der Waals surface area (Å²) in [6.07, 6.45) is 2.22. The lowest BCUT2D eigenvalue weighted by Crippen LogP contribution is -2.36. The molecular weight excluding hydrogens is 216 g/mol. The quantitative estimate of drug-likeness (QED) is 0.606. The van der Waals surface area contributed by atoms with Crippen molar-refractivity contribution in [1.29, 1.82) is 0 Å². The van der Waals surface area contributed by atoms with Crippen LogP contribution in [0.1, 0.15) is 26.7 Å². The molecule has 1 fully saturated rings. The molecule has 0 aromatic carbocycles. The molecule has 0 unspecified atom stereocenters. The van der Waals surface area contributed by atoms with Crippen molar-refractivity contribution in [3.05, 3.63) is 0 Å². The minimum Gasteiger partial charge on any atom is -0.380 e. The Hall–Kier alpha value is -0.450. The van der Waals surface area contributed by atoms with Crippen LogP contribution in [0.15, 0.2) is 4.99 Å². The van der Waals surface area contributed by atoms with E-state index in [0.29, 0.717) is 0 Å². The van der Waals surface area contributed by atoms with Crippen LogP contribution in [0.25, 0.3) is 0 Å². The monoisotopic (exact) mass is 242 g/mol. The summed E-state index contributed by atoms with van der Waals surface area (Å²) in [5.74, 6) is 0. The average molecular weight is 242 g/mol. The fourth-order valence-corrected chi connectivity index (χ4v) is 1.94. The zero-order valence-corrected chi connectivity index (χ0v) is 11.3. The first-order valence-corrected chi connectivity index (χ1v) is 6.76. The summed E-state index contributed by atoms with van der Waals surface area (Å²) < 4.78 is 10.6. The lowest BCUT2D eigenvalue weighted by molar-refractivity contribution is 0.113. The zero-order chi connectivity index (χ0) is 12.3. The maximum Gasteiger partial charge on any atom is 0.0661 e. The van der Waals surface area contributed by atoms with Gasteiger partial charge in [-0.2, -0.15) is 0 Å². The summed E-state index contributed by atoms with van der Waals surface area (Å²) in [5.41, 5.74) is 1.36. The number of hydrogen-bond acceptors (Lipinski definition) is 4. The van der Waals surface area contributed by atoms with Gasteiger partial charge in [-0.1, -0.05) is 0 Å². The Morgan fingerprint density at radius 3 is 2.35 bits per heavy atom. The van der Waals surface area contributed by atoms with Crippen molar-refractivity contribution in [2.24, 2.45) is 4.99 Å². The van der Waals surface area contributed by atoms with Crippen molar-refractivity contribution in [1.82, 2.24) is 4.90 Å². The van der Waals surface area contributed by atoms with Gasteiger partial charge in [0.1, 0.15) is 0 Å². The zero-order valence-electron chi connectivity index (χ0n) is 11.3. The van der Waals surface area contributed by atoms with Gasteiger partial charge < -0.3 is 14.4 Å². The molecule has 4 heteroatoms.